The number of hydrogen-bond acceptors (Lipinski definition) is 2. The monoisotopic (exact) mass is 297 g/mol. The van der Waals surface area contributed by atoms with Crippen LogP contribution in [0.1, 0.15) is 28.8 Å². The molecule has 3 rings (SSSR count). The first-order chi connectivity index (χ1) is 10.5. The Morgan fingerprint density at radius 1 is 1.27 bits per heavy atom. The molecule has 1 aliphatic heterocycles. The van der Waals surface area contributed by atoms with Crippen molar-refractivity contribution in [2.24, 2.45) is 5.92 Å². The van der Waals surface area contributed by atoms with Gasteiger partial charge in [-0.25, -0.2) is 0 Å². The van der Waals surface area contributed by atoms with Gasteiger partial charge in [-0.1, -0.05) is 18.2 Å². The average molecular weight is 297 g/mol. The molecule has 116 valence electrons. The summed E-state index contributed by atoms with van der Waals surface area (Å²) in [5, 5.41) is 4.34. The van der Waals surface area contributed by atoms with E-state index in [4.69, 9.17) is 0 Å². The van der Waals surface area contributed by atoms with E-state index in [1.54, 1.807) is 0 Å². The van der Waals surface area contributed by atoms with Crippen molar-refractivity contribution < 1.29 is 4.79 Å². The predicted molar refractivity (Wildman–Crippen MR) is 86.7 cm³/mol. The second-order valence-electron chi connectivity index (χ2n) is 6.44. The summed E-state index contributed by atoms with van der Waals surface area (Å²) in [4.78, 5) is 13.5. The van der Waals surface area contributed by atoms with Crippen LogP contribution in [0.3, 0.4) is 0 Å². The minimum absolute atomic E-state index is 0.272. The first kappa shape index (κ1) is 14.8. The molecule has 4 heteroatoms. The molecule has 1 aromatic heterocycles. The van der Waals surface area contributed by atoms with Gasteiger partial charge in [-0.15, -0.1) is 0 Å². The lowest BCUT2D eigenvalue weighted by Crippen LogP contribution is -2.19. The van der Waals surface area contributed by atoms with Gasteiger partial charge in [0, 0.05) is 31.9 Å². The Labute approximate surface area is 131 Å². The van der Waals surface area contributed by atoms with Crippen LogP contribution in [-0.2, 0) is 17.8 Å². The van der Waals surface area contributed by atoms with E-state index in [9.17, 15) is 4.79 Å². The van der Waals surface area contributed by atoms with E-state index in [1.165, 1.54) is 22.4 Å². The zero-order valence-electron chi connectivity index (χ0n) is 13.5. The van der Waals surface area contributed by atoms with Crippen LogP contribution in [0, 0.1) is 19.8 Å². The number of amides is 1. The first-order valence-corrected chi connectivity index (χ1v) is 7.83. The lowest BCUT2D eigenvalue weighted by Gasteiger charge is -2.13. The van der Waals surface area contributed by atoms with Gasteiger partial charge in [0.2, 0.25) is 5.91 Å². The minimum Gasteiger partial charge on any atom is -0.345 e. The standard InChI is InChI=1S/C18H23N3O/c1-13-8-15(12-21-14(2)6-7-19-21)4-5-17(13)9-16-10-18(22)20(3)11-16/h4-8,16H,9-12H2,1-3H3. The predicted octanol–water partition coefficient (Wildman–Crippen LogP) is 2.57. The van der Waals surface area contributed by atoms with Gasteiger partial charge in [0.1, 0.15) is 0 Å². The van der Waals surface area contributed by atoms with Gasteiger partial charge >= 0.3 is 0 Å². The number of nitrogens with zero attached hydrogens (tertiary/aromatic N) is 3. The van der Waals surface area contributed by atoms with E-state index in [-0.39, 0.29) is 5.91 Å². The van der Waals surface area contributed by atoms with Gasteiger partial charge < -0.3 is 4.90 Å². The Balaban J connectivity index is 1.70. The highest BCUT2D eigenvalue weighted by molar-refractivity contribution is 5.78. The van der Waals surface area contributed by atoms with Crippen LogP contribution >= 0.6 is 0 Å². The third-order valence-corrected chi connectivity index (χ3v) is 4.60. The number of hydrogen-bond donors (Lipinski definition) is 0. The molecule has 0 aliphatic carbocycles. The van der Waals surface area contributed by atoms with Crippen molar-refractivity contribution in [3.05, 3.63) is 52.8 Å². The molecule has 1 fully saturated rings. The van der Waals surface area contributed by atoms with E-state index in [0.717, 1.165) is 19.5 Å². The molecule has 0 spiro atoms. The summed E-state index contributed by atoms with van der Waals surface area (Å²) in [7, 11) is 1.89. The minimum atomic E-state index is 0.272. The van der Waals surface area contributed by atoms with Crippen molar-refractivity contribution in [3.63, 3.8) is 0 Å². The van der Waals surface area contributed by atoms with Crippen molar-refractivity contribution in [1.29, 1.82) is 0 Å². The number of aromatic nitrogens is 2. The van der Waals surface area contributed by atoms with E-state index >= 15 is 0 Å². The summed E-state index contributed by atoms with van der Waals surface area (Å²) < 4.78 is 2.01. The van der Waals surface area contributed by atoms with Crippen LogP contribution < -0.4 is 0 Å². The molecule has 1 aromatic carbocycles. The SMILES string of the molecule is Cc1cc(Cn2nccc2C)ccc1CC1CC(=O)N(C)C1. The summed E-state index contributed by atoms with van der Waals surface area (Å²) in [5.41, 5.74) is 5.11. The highest BCUT2D eigenvalue weighted by Gasteiger charge is 2.26. The molecule has 4 nitrogen and oxygen atoms in total. The van der Waals surface area contributed by atoms with E-state index in [1.807, 2.05) is 28.9 Å². The number of carbonyl (C=O) groups excluding carboxylic acids is 1. The summed E-state index contributed by atoms with van der Waals surface area (Å²) in [6.45, 7) is 5.92. The lowest BCUT2D eigenvalue weighted by atomic mass is 9.94. The maximum absolute atomic E-state index is 11.6. The van der Waals surface area contributed by atoms with Gasteiger partial charge in [-0.05, 0) is 48.9 Å². The Morgan fingerprint density at radius 2 is 2.09 bits per heavy atom. The number of benzene rings is 1. The molecule has 22 heavy (non-hydrogen) atoms. The third-order valence-electron chi connectivity index (χ3n) is 4.60. The fraction of sp³-hybridized carbons (Fsp3) is 0.444. The van der Waals surface area contributed by atoms with Crippen molar-refractivity contribution in [3.8, 4) is 0 Å². The number of carbonyl (C=O) groups is 1. The van der Waals surface area contributed by atoms with Crippen LogP contribution in [0.25, 0.3) is 0 Å². The van der Waals surface area contributed by atoms with Crippen molar-refractivity contribution in [2.75, 3.05) is 13.6 Å². The maximum Gasteiger partial charge on any atom is 0.222 e. The van der Waals surface area contributed by atoms with Crippen molar-refractivity contribution in [2.45, 2.75) is 33.2 Å². The number of likely N-dealkylation sites (tertiary alicyclic amines) is 1. The topological polar surface area (TPSA) is 38.1 Å². The fourth-order valence-electron chi connectivity index (χ4n) is 3.23. The molecule has 2 aromatic rings. The zero-order valence-corrected chi connectivity index (χ0v) is 13.5. The molecule has 0 radical (unpaired) electrons. The van der Waals surface area contributed by atoms with Crippen LogP contribution in [0.5, 0.6) is 0 Å². The van der Waals surface area contributed by atoms with Gasteiger partial charge in [0.15, 0.2) is 0 Å². The molecule has 1 amide bonds. The summed E-state index contributed by atoms with van der Waals surface area (Å²) in [6, 6.07) is 8.67. The molecule has 1 atom stereocenters. The highest BCUT2D eigenvalue weighted by atomic mass is 16.2. The maximum atomic E-state index is 11.6. The summed E-state index contributed by atoms with van der Waals surface area (Å²) >= 11 is 0. The average Bonchev–Trinajstić information content (AvgIpc) is 3.00. The second-order valence-corrected chi connectivity index (χ2v) is 6.44. The van der Waals surface area contributed by atoms with E-state index in [0.29, 0.717) is 12.3 Å². The van der Waals surface area contributed by atoms with E-state index < -0.39 is 0 Å². The Morgan fingerprint density at radius 3 is 2.68 bits per heavy atom. The lowest BCUT2D eigenvalue weighted by molar-refractivity contribution is -0.126. The Hall–Kier alpha value is -2.10. The van der Waals surface area contributed by atoms with Crippen LogP contribution in [0.2, 0.25) is 0 Å². The molecular formula is C18H23N3O. The molecule has 0 bridgehead atoms. The van der Waals surface area contributed by atoms with Crippen molar-refractivity contribution >= 4 is 5.91 Å². The number of rotatable bonds is 4. The summed E-state index contributed by atoms with van der Waals surface area (Å²) in [6.07, 6.45) is 3.51. The van der Waals surface area contributed by atoms with Crippen LogP contribution in [0.15, 0.2) is 30.5 Å². The molecule has 2 heterocycles. The Kier molecular flexibility index (Phi) is 4.01. The zero-order chi connectivity index (χ0) is 15.7. The third kappa shape index (κ3) is 3.06. The molecular weight excluding hydrogens is 274 g/mol. The van der Waals surface area contributed by atoms with Gasteiger partial charge in [0.25, 0.3) is 0 Å². The summed E-state index contributed by atoms with van der Waals surface area (Å²) in [5.74, 6) is 0.726. The molecule has 1 saturated heterocycles. The molecule has 0 N–H and O–H groups in total. The fourth-order valence-corrected chi connectivity index (χ4v) is 3.23. The van der Waals surface area contributed by atoms with Gasteiger partial charge in [-0.3, -0.25) is 9.48 Å². The van der Waals surface area contributed by atoms with Crippen LogP contribution in [-0.4, -0.2) is 34.2 Å². The van der Waals surface area contributed by atoms with Crippen molar-refractivity contribution in [1.82, 2.24) is 14.7 Å². The quantitative estimate of drug-likeness (QED) is 0.870. The van der Waals surface area contributed by atoms with Gasteiger partial charge in [0.05, 0.1) is 6.54 Å². The molecule has 1 aliphatic rings. The largest absolute Gasteiger partial charge is 0.345 e. The first-order valence-electron chi connectivity index (χ1n) is 7.83. The highest BCUT2D eigenvalue weighted by Crippen LogP contribution is 2.23. The molecule has 1 unspecified atom stereocenters. The second kappa shape index (κ2) is 5.95. The normalized spacial score (nSPS) is 18.2. The smallest absolute Gasteiger partial charge is 0.222 e. The van der Waals surface area contributed by atoms with E-state index in [2.05, 4.69) is 37.1 Å². The number of aryl methyl sites for hydroxylation is 2. The van der Waals surface area contributed by atoms with Crippen LogP contribution in [0.4, 0.5) is 0 Å². The Bertz CT molecular complexity index is 689. The van der Waals surface area contributed by atoms with Gasteiger partial charge in [-0.2, -0.15) is 5.10 Å². The molecule has 0 saturated carbocycles.